The van der Waals surface area contributed by atoms with Crippen LogP contribution in [0.25, 0.3) is 16.7 Å². The van der Waals surface area contributed by atoms with Crippen LogP contribution in [-0.4, -0.2) is 21.6 Å². The molecule has 3 aromatic rings. The van der Waals surface area contributed by atoms with Crippen LogP contribution >= 0.6 is 0 Å². The lowest BCUT2D eigenvalue weighted by molar-refractivity contribution is 0.413. The third kappa shape index (κ3) is 1.65. The number of ether oxygens (including phenoxy) is 1. The van der Waals surface area contributed by atoms with E-state index in [-0.39, 0.29) is 5.95 Å². The van der Waals surface area contributed by atoms with E-state index in [1.54, 1.807) is 48.3 Å². The van der Waals surface area contributed by atoms with Crippen molar-refractivity contribution in [3.05, 3.63) is 42.2 Å². The molecule has 6 nitrogen and oxygen atoms in total. The number of anilines is 1. The molecular formula is C14H11N5O. The highest BCUT2D eigenvalue weighted by molar-refractivity contribution is 5.81. The van der Waals surface area contributed by atoms with Crippen LogP contribution in [-0.2, 0) is 0 Å². The fraction of sp³-hybridized carbons (Fsp3) is 0.0714. The zero-order valence-corrected chi connectivity index (χ0v) is 10.7. The first-order valence-electron chi connectivity index (χ1n) is 5.91. The topological polar surface area (TPSA) is 89.8 Å². The summed E-state index contributed by atoms with van der Waals surface area (Å²) in [6.07, 6.45) is 3.28. The summed E-state index contributed by atoms with van der Waals surface area (Å²) < 4.78 is 7.05. The van der Waals surface area contributed by atoms with Crippen LogP contribution in [0.4, 0.5) is 5.95 Å². The van der Waals surface area contributed by atoms with E-state index in [1.165, 1.54) is 0 Å². The molecule has 3 rings (SSSR count). The van der Waals surface area contributed by atoms with E-state index >= 15 is 0 Å². The number of fused-ring (bicyclic) bond motifs is 1. The molecule has 0 saturated carbocycles. The van der Waals surface area contributed by atoms with Crippen molar-refractivity contribution in [1.82, 2.24) is 14.5 Å². The number of aromatic nitrogens is 3. The maximum absolute atomic E-state index is 9.31. The Morgan fingerprint density at radius 3 is 2.95 bits per heavy atom. The van der Waals surface area contributed by atoms with Gasteiger partial charge in [-0.1, -0.05) is 6.07 Å². The van der Waals surface area contributed by atoms with Gasteiger partial charge in [-0.05, 0) is 18.2 Å². The standard InChI is InChI=1S/C14H11N5O/c1-20-12-4-2-3-9(7-15)13(12)19-11-5-6-17-8-10(11)18-14(19)16/h2-6,8H,1H3,(H2,16,18). The number of nitrogen functional groups attached to an aromatic ring is 1. The molecule has 2 heterocycles. The molecule has 0 unspecified atom stereocenters. The van der Waals surface area contributed by atoms with Crippen molar-refractivity contribution in [2.45, 2.75) is 0 Å². The first kappa shape index (κ1) is 12.0. The number of hydrogen-bond donors (Lipinski definition) is 1. The SMILES string of the molecule is COc1cccc(C#N)c1-n1c(N)nc2cnccc21. The summed E-state index contributed by atoms with van der Waals surface area (Å²) in [4.78, 5) is 8.27. The number of benzene rings is 1. The second-order valence-electron chi connectivity index (χ2n) is 4.14. The second kappa shape index (κ2) is 4.55. The molecule has 6 heteroatoms. The van der Waals surface area contributed by atoms with Gasteiger partial charge in [0.1, 0.15) is 23.0 Å². The average molecular weight is 265 g/mol. The molecule has 98 valence electrons. The number of nitrogens with two attached hydrogens (primary N) is 1. The fourth-order valence-corrected chi connectivity index (χ4v) is 2.19. The number of nitriles is 1. The second-order valence-corrected chi connectivity index (χ2v) is 4.14. The summed E-state index contributed by atoms with van der Waals surface area (Å²) in [6.45, 7) is 0. The summed E-state index contributed by atoms with van der Waals surface area (Å²) in [5.41, 5.74) is 8.49. The van der Waals surface area contributed by atoms with Gasteiger partial charge in [0, 0.05) is 6.20 Å². The Balaban J connectivity index is 2.43. The lowest BCUT2D eigenvalue weighted by Gasteiger charge is -2.13. The molecule has 20 heavy (non-hydrogen) atoms. The maximum Gasteiger partial charge on any atom is 0.206 e. The number of rotatable bonds is 2. The monoisotopic (exact) mass is 265 g/mol. The van der Waals surface area contributed by atoms with Crippen molar-refractivity contribution in [1.29, 1.82) is 5.26 Å². The Morgan fingerprint density at radius 2 is 2.20 bits per heavy atom. The highest BCUT2D eigenvalue weighted by Gasteiger charge is 2.17. The molecule has 1 aromatic carbocycles. The lowest BCUT2D eigenvalue weighted by Crippen LogP contribution is -2.05. The molecule has 0 aliphatic heterocycles. The molecule has 0 amide bonds. The Kier molecular flexibility index (Phi) is 2.73. The van der Waals surface area contributed by atoms with Crippen molar-refractivity contribution in [2.24, 2.45) is 0 Å². The zero-order valence-electron chi connectivity index (χ0n) is 10.7. The van der Waals surface area contributed by atoms with Crippen LogP contribution in [0.5, 0.6) is 5.75 Å². The predicted molar refractivity (Wildman–Crippen MR) is 74.5 cm³/mol. The first-order chi connectivity index (χ1) is 9.76. The minimum Gasteiger partial charge on any atom is -0.495 e. The third-order valence-corrected chi connectivity index (χ3v) is 3.05. The summed E-state index contributed by atoms with van der Waals surface area (Å²) in [5, 5.41) is 9.31. The summed E-state index contributed by atoms with van der Waals surface area (Å²) >= 11 is 0. The van der Waals surface area contributed by atoms with Crippen LogP contribution < -0.4 is 10.5 Å². The van der Waals surface area contributed by atoms with E-state index in [0.717, 1.165) is 5.52 Å². The Labute approximate surface area is 115 Å². The van der Waals surface area contributed by atoms with Crippen LogP contribution in [0.2, 0.25) is 0 Å². The Morgan fingerprint density at radius 1 is 1.35 bits per heavy atom. The molecule has 0 fully saturated rings. The summed E-state index contributed by atoms with van der Waals surface area (Å²) in [5.74, 6) is 0.848. The lowest BCUT2D eigenvalue weighted by atomic mass is 10.1. The predicted octanol–water partition coefficient (Wildman–Crippen LogP) is 1.88. The van der Waals surface area contributed by atoms with Crippen molar-refractivity contribution in [3.8, 4) is 17.5 Å². The van der Waals surface area contributed by atoms with Gasteiger partial charge in [0.2, 0.25) is 5.95 Å². The van der Waals surface area contributed by atoms with Crippen molar-refractivity contribution >= 4 is 17.0 Å². The first-order valence-corrected chi connectivity index (χ1v) is 5.91. The van der Waals surface area contributed by atoms with Gasteiger partial charge in [-0.3, -0.25) is 9.55 Å². The number of nitrogens with zero attached hydrogens (tertiary/aromatic N) is 4. The van der Waals surface area contributed by atoms with E-state index in [2.05, 4.69) is 16.0 Å². The number of hydrogen-bond acceptors (Lipinski definition) is 5. The van der Waals surface area contributed by atoms with Crippen LogP contribution in [0, 0.1) is 11.3 Å². The molecule has 2 N–H and O–H groups in total. The van der Waals surface area contributed by atoms with Gasteiger partial charge in [-0.25, -0.2) is 4.98 Å². The molecule has 0 saturated heterocycles. The Hall–Kier alpha value is -3.07. The fourth-order valence-electron chi connectivity index (χ4n) is 2.19. The smallest absolute Gasteiger partial charge is 0.206 e. The molecule has 0 radical (unpaired) electrons. The number of pyridine rings is 1. The molecule has 0 bridgehead atoms. The van der Waals surface area contributed by atoms with E-state index in [0.29, 0.717) is 22.5 Å². The molecule has 0 spiro atoms. The van der Waals surface area contributed by atoms with Crippen molar-refractivity contribution in [3.63, 3.8) is 0 Å². The van der Waals surface area contributed by atoms with Crippen molar-refractivity contribution < 1.29 is 4.74 Å². The molecule has 0 atom stereocenters. The van der Waals surface area contributed by atoms with Crippen LogP contribution in [0.15, 0.2) is 36.7 Å². The van der Waals surface area contributed by atoms with Gasteiger partial charge in [0.05, 0.1) is 24.4 Å². The molecule has 0 aliphatic carbocycles. The van der Waals surface area contributed by atoms with E-state index in [1.807, 2.05) is 0 Å². The minimum atomic E-state index is 0.286. The van der Waals surface area contributed by atoms with Gasteiger partial charge in [0.15, 0.2) is 0 Å². The van der Waals surface area contributed by atoms with E-state index in [4.69, 9.17) is 10.5 Å². The van der Waals surface area contributed by atoms with Crippen molar-refractivity contribution in [2.75, 3.05) is 12.8 Å². The van der Waals surface area contributed by atoms with Gasteiger partial charge >= 0.3 is 0 Å². The van der Waals surface area contributed by atoms with Gasteiger partial charge in [0.25, 0.3) is 0 Å². The normalized spacial score (nSPS) is 10.4. The van der Waals surface area contributed by atoms with Gasteiger partial charge in [-0.15, -0.1) is 0 Å². The molecular weight excluding hydrogens is 254 g/mol. The minimum absolute atomic E-state index is 0.286. The quantitative estimate of drug-likeness (QED) is 0.764. The number of para-hydroxylation sites is 1. The maximum atomic E-state index is 9.31. The summed E-state index contributed by atoms with van der Waals surface area (Å²) in [7, 11) is 1.55. The zero-order chi connectivity index (χ0) is 14.1. The molecule has 2 aromatic heterocycles. The highest BCUT2D eigenvalue weighted by Crippen LogP contribution is 2.31. The average Bonchev–Trinajstić information content (AvgIpc) is 2.81. The van der Waals surface area contributed by atoms with Gasteiger partial charge < -0.3 is 10.5 Å². The Bertz CT molecular complexity index is 831. The highest BCUT2D eigenvalue weighted by atomic mass is 16.5. The number of imidazole rings is 1. The van der Waals surface area contributed by atoms with E-state index in [9.17, 15) is 5.26 Å². The third-order valence-electron chi connectivity index (χ3n) is 3.05. The number of methoxy groups -OCH3 is 1. The van der Waals surface area contributed by atoms with Crippen LogP contribution in [0.1, 0.15) is 5.56 Å². The van der Waals surface area contributed by atoms with E-state index < -0.39 is 0 Å². The molecule has 0 aliphatic rings. The van der Waals surface area contributed by atoms with Crippen LogP contribution in [0.3, 0.4) is 0 Å². The van der Waals surface area contributed by atoms with Gasteiger partial charge in [-0.2, -0.15) is 5.26 Å². The largest absolute Gasteiger partial charge is 0.495 e. The summed E-state index contributed by atoms with van der Waals surface area (Å²) in [6, 6.07) is 9.20.